The summed E-state index contributed by atoms with van der Waals surface area (Å²) < 4.78 is 26.7. The van der Waals surface area contributed by atoms with Gasteiger partial charge in [0, 0.05) is 25.0 Å². The van der Waals surface area contributed by atoms with Crippen LogP contribution < -0.4 is 15.8 Å². The molecule has 0 aliphatic heterocycles. The van der Waals surface area contributed by atoms with Gasteiger partial charge in [0.15, 0.2) is 0 Å². The molecule has 1 amide bonds. The van der Waals surface area contributed by atoms with Crippen LogP contribution in [0.2, 0.25) is 0 Å². The number of carbonyl (C=O) groups excluding carboxylic acids is 1. The minimum atomic E-state index is -3.52. The molecule has 1 saturated carbocycles. The lowest BCUT2D eigenvalue weighted by molar-refractivity contribution is -0.125. The number of aliphatic hydroxyl groups is 1. The zero-order chi connectivity index (χ0) is 17.7. The first-order valence-electron chi connectivity index (χ1n) is 8.07. The van der Waals surface area contributed by atoms with E-state index in [0.29, 0.717) is 25.8 Å². The molecule has 1 aromatic rings. The highest BCUT2D eigenvalue weighted by molar-refractivity contribution is 7.89. The van der Waals surface area contributed by atoms with Crippen LogP contribution in [0.1, 0.15) is 24.8 Å². The molecule has 5 N–H and O–H groups in total. The molecule has 0 unspecified atom stereocenters. The van der Waals surface area contributed by atoms with Crippen LogP contribution in [0, 0.1) is 12.8 Å². The molecule has 0 spiro atoms. The Morgan fingerprint density at radius 1 is 1.25 bits per heavy atom. The van der Waals surface area contributed by atoms with Crippen molar-refractivity contribution in [3.05, 3.63) is 29.8 Å². The lowest BCUT2D eigenvalue weighted by atomic mass is 10.1. The molecule has 24 heavy (non-hydrogen) atoms. The minimum absolute atomic E-state index is 0.136. The number of aryl methyl sites for hydroxylation is 1. The average Bonchev–Trinajstić information content (AvgIpc) is 2.86. The van der Waals surface area contributed by atoms with Gasteiger partial charge in [0.25, 0.3) is 0 Å². The molecule has 0 bridgehead atoms. The van der Waals surface area contributed by atoms with Crippen molar-refractivity contribution in [2.45, 2.75) is 43.2 Å². The average molecular weight is 355 g/mol. The molecule has 1 aromatic carbocycles. The topological polar surface area (TPSA) is 122 Å². The Labute approximate surface area is 142 Å². The number of amides is 1. The van der Waals surface area contributed by atoms with Gasteiger partial charge < -0.3 is 16.2 Å². The number of aliphatic hydroxyl groups excluding tert-OH is 1. The van der Waals surface area contributed by atoms with E-state index in [4.69, 9.17) is 5.73 Å². The molecular weight excluding hydrogens is 330 g/mol. The van der Waals surface area contributed by atoms with Gasteiger partial charge in [-0.1, -0.05) is 17.7 Å². The minimum Gasteiger partial charge on any atom is -0.391 e. The third-order valence-electron chi connectivity index (χ3n) is 4.22. The number of nitrogens with two attached hydrogens (primary N) is 1. The summed E-state index contributed by atoms with van der Waals surface area (Å²) in [7, 11) is -3.52. The predicted octanol–water partition coefficient (Wildman–Crippen LogP) is -0.122. The fourth-order valence-corrected chi connectivity index (χ4v) is 3.79. The van der Waals surface area contributed by atoms with Gasteiger partial charge in [-0.2, -0.15) is 0 Å². The van der Waals surface area contributed by atoms with Crippen LogP contribution in [-0.2, 0) is 14.8 Å². The molecule has 0 saturated heterocycles. The lowest BCUT2D eigenvalue weighted by Crippen LogP contribution is -2.33. The van der Waals surface area contributed by atoms with E-state index in [1.54, 1.807) is 24.3 Å². The SMILES string of the molecule is Cc1ccc(S(=O)(=O)NCCCNC(=O)[C@H]2C[C@@H](N)[C@H](O)C2)cc1. The summed E-state index contributed by atoms with van der Waals surface area (Å²) >= 11 is 0. The fourth-order valence-electron chi connectivity index (χ4n) is 2.71. The number of nitrogens with one attached hydrogen (secondary N) is 2. The summed E-state index contributed by atoms with van der Waals surface area (Å²) in [6.07, 6.45) is 0.722. The normalized spacial score (nSPS) is 24.0. The first kappa shape index (κ1) is 18.9. The van der Waals surface area contributed by atoms with Crippen molar-refractivity contribution in [1.29, 1.82) is 0 Å². The van der Waals surface area contributed by atoms with Gasteiger partial charge in [0.05, 0.1) is 11.0 Å². The molecule has 3 atom stereocenters. The summed E-state index contributed by atoms with van der Waals surface area (Å²) in [5.74, 6) is -0.400. The molecule has 8 heteroatoms. The molecule has 7 nitrogen and oxygen atoms in total. The molecule has 134 valence electrons. The van der Waals surface area contributed by atoms with Gasteiger partial charge >= 0.3 is 0 Å². The number of rotatable bonds is 7. The summed E-state index contributed by atoms with van der Waals surface area (Å²) in [5.41, 5.74) is 6.68. The van der Waals surface area contributed by atoms with E-state index in [2.05, 4.69) is 10.0 Å². The first-order valence-corrected chi connectivity index (χ1v) is 9.55. The molecular formula is C16H25N3O4S. The van der Waals surface area contributed by atoms with Gasteiger partial charge in [-0.05, 0) is 38.3 Å². The second kappa shape index (κ2) is 8.06. The molecule has 1 fully saturated rings. The summed E-state index contributed by atoms with van der Waals surface area (Å²) in [5, 5.41) is 12.3. The monoisotopic (exact) mass is 355 g/mol. The van der Waals surface area contributed by atoms with E-state index in [9.17, 15) is 18.3 Å². The Hall–Kier alpha value is -1.48. The number of carbonyl (C=O) groups is 1. The van der Waals surface area contributed by atoms with E-state index >= 15 is 0 Å². The largest absolute Gasteiger partial charge is 0.391 e. The van der Waals surface area contributed by atoms with Crippen molar-refractivity contribution in [1.82, 2.24) is 10.0 Å². The van der Waals surface area contributed by atoms with Crippen LogP contribution in [0.3, 0.4) is 0 Å². The van der Waals surface area contributed by atoms with Gasteiger partial charge in [0.2, 0.25) is 15.9 Å². The smallest absolute Gasteiger partial charge is 0.240 e. The Balaban J connectivity index is 1.69. The fraction of sp³-hybridized carbons (Fsp3) is 0.562. The van der Waals surface area contributed by atoms with Crippen LogP contribution in [-0.4, -0.2) is 44.7 Å². The van der Waals surface area contributed by atoms with Crippen LogP contribution >= 0.6 is 0 Å². The summed E-state index contributed by atoms with van der Waals surface area (Å²) in [4.78, 5) is 12.2. The van der Waals surface area contributed by atoms with E-state index in [1.165, 1.54) is 0 Å². The summed E-state index contributed by atoms with van der Waals surface area (Å²) in [6.45, 7) is 2.50. The maximum Gasteiger partial charge on any atom is 0.240 e. The van der Waals surface area contributed by atoms with E-state index in [1.807, 2.05) is 6.92 Å². The zero-order valence-electron chi connectivity index (χ0n) is 13.7. The van der Waals surface area contributed by atoms with Crippen LogP contribution in [0.4, 0.5) is 0 Å². The van der Waals surface area contributed by atoms with Gasteiger partial charge in [-0.15, -0.1) is 0 Å². The van der Waals surface area contributed by atoms with Crippen molar-refractivity contribution >= 4 is 15.9 Å². The Morgan fingerprint density at radius 2 is 1.92 bits per heavy atom. The van der Waals surface area contributed by atoms with E-state index < -0.39 is 16.1 Å². The third-order valence-corrected chi connectivity index (χ3v) is 5.70. The Kier molecular flexibility index (Phi) is 6.34. The van der Waals surface area contributed by atoms with Gasteiger partial charge in [-0.3, -0.25) is 4.79 Å². The molecule has 0 heterocycles. The number of hydrogen-bond donors (Lipinski definition) is 4. The van der Waals surface area contributed by atoms with Crippen LogP contribution in [0.5, 0.6) is 0 Å². The number of benzene rings is 1. The molecule has 1 aliphatic rings. The van der Waals surface area contributed by atoms with Crippen LogP contribution in [0.25, 0.3) is 0 Å². The number of sulfonamides is 1. The van der Waals surface area contributed by atoms with Crippen molar-refractivity contribution in [2.75, 3.05) is 13.1 Å². The molecule has 2 rings (SSSR count). The van der Waals surface area contributed by atoms with Crippen molar-refractivity contribution in [3.63, 3.8) is 0 Å². The maximum absolute atomic E-state index is 12.1. The van der Waals surface area contributed by atoms with Crippen molar-refractivity contribution in [3.8, 4) is 0 Å². The highest BCUT2D eigenvalue weighted by Gasteiger charge is 2.34. The molecule has 1 aliphatic carbocycles. The predicted molar refractivity (Wildman–Crippen MR) is 90.7 cm³/mol. The molecule has 0 aromatic heterocycles. The Bertz CT molecular complexity index is 650. The zero-order valence-corrected chi connectivity index (χ0v) is 14.6. The highest BCUT2D eigenvalue weighted by Crippen LogP contribution is 2.24. The number of hydrogen-bond acceptors (Lipinski definition) is 5. The quantitative estimate of drug-likeness (QED) is 0.508. The van der Waals surface area contributed by atoms with Crippen LogP contribution in [0.15, 0.2) is 29.2 Å². The van der Waals surface area contributed by atoms with E-state index in [-0.39, 0.29) is 29.3 Å². The second-order valence-electron chi connectivity index (χ2n) is 6.25. The second-order valence-corrected chi connectivity index (χ2v) is 8.02. The van der Waals surface area contributed by atoms with Gasteiger partial charge in [-0.25, -0.2) is 13.1 Å². The highest BCUT2D eigenvalue weighted by atomic mass is 32.2. The Morgan fingerprint density at radius 3 is 2.50 bits per heavy atom. The van der Waals surface area contributed by atoms with E-state index in [0.717, 1.165) is 5.56 Å². The van der Waals surface area contributed by atoms with Crippen molar-refractivity contribution < 1.29 is 18.3 Å². The first-order chi connectivity index (χ1) is 11.3. The maximum atomic E-state index is 12.1. The standard InChI is InChI=1S/C16H25N3O4S/c1-11-3-5-13(6-4-11)24(22,23)19-8-2-7-18-16(21)12-9-14(17)15(20)10-12/h3-6,12,14-15,19-20H,2,7-10,17H2,1H3,(H,18,21)/t12-,14+,15+/m0/s1. The van der Waals surface area contributed by atoms with Gasteiger partial charge in [0.1, 0.15) is 0 Å². The summed E-state index contributed by atoms with van der Waals surface area (Å²) in [6, 6.07) is 6.27. The third kappa shape index (κ3) is 5.01. The van der Waals surface area contributed by atoms with Crippen molar-refractivity contribution in [2.24, 2.45) is 11.7 Å². The molecule has 0 radical (unpaired) electrons. The lowest BCUT2D eigenvalue weighted by Gasteiger charge is -2.11.